The summed E-state index contributed by atoms with van der Waals surface area (Å²) < 4.78 is 15.6. The molecule has 0 radical (unpaired) electrons. The van der Waals surface area contributed by atoms with Gasteiger partial charge < -0.3 is 14.2 Å². The number of esters is 1. The summed E-state index contributed by atoms with van der Waals surface area (Å²) in [6.07, 6.45) is 5.15. The average molecular weight is 292 g/mol. The summed E-state index contributed by atoms with van der Waals surface area (Å²) in [5, 5.41) is 0. The van der Waals surface area contributed by atoms with Gasteiger partial charge in [0.05, 0.1) is 19.8 Å². The van der Waals surface area contributed by atoms with Crippen LogP contribution in [0.2, 0.25) is 0 Å². The van der Waals surface area contributed by atoms with Crippen molar-refractivity contribution in [1.29, 1.82) is 0 Å². The van der Waals surface area contributed by atoms with Gasteiger partial charge in [-0.15, -0.1) is 0 Å². The number of unbranched alkanes of at least 4 members (excludes halogenated alkanes) is 3. The van der Waals surface area contributed by atoms with E-state index in [-0.39, 0.29) is 5.97 Å². The van der Waals surface area contributed by atoms with Crippen molar-refractivity contribution in [2.75, 3.05) is 20.3 Å². The van der Waals surface area contributed by atoms with Gasteiger partial charge in [-0.1, -0.05) is 18.7 Å². The number of ether oxygens (including phenoxy) is 3. The van der Waals surface area contributed by atoms with E-state index in [9.17, 15) is 4.79 Å². The Hall–Kier alpha value is -1.81. The molecule has 0 spiro atoms. The van der Waals surface area contributed by atoms with Gasteiger partial charge in [-0.2, -0.15) is 0 Å². The number of hydrogen-bond donors (Lipinski definition) is 0. The quantitative estimate of drug-likeness (QED) is 0.356. The van der Waals surface area contributed by atoms with Crippen molar-refractivity contribution in [2.45, 2.75) is 32.3 Å². The minimum Gasteiger partial charge on any atom is -0.494 e. The number of carbonyl (C=O) groups is 1. The summed E-state index contributed by atoms with van der Waals surface area (Å²) in [4.78, 5) is 10.8. The summed E-state index contributed by atoms with van der Waals surface area (Å²) in [6, 6.07) is 7.94. The lowest BCUT2D eigenvalue weighted by molar-refractivity contribution is -0.137. The number of carbonyl (C=O) groups excluding carboxylic acids is 1. The third-order valence-corrected chi connectivity index (χ3v) is 2.95. The highest BCUT2D eigenvalue weighted by atomic mass is 16.5. The first kappa shape index (κ1) is 17.2. The second kappa shape index (κ2) is 10.9. The van der Waals surface area contributed by atoms with Crippen LogP contribution in [0.5, 0.6) is 5.75 Å². The van der Waals surface area contributed by atoms with Gasteiger partial charge in [-0.3, -0.25) is 0 Å². The van der Waals surface area contributed by atoms with Crippen molar-refractivity contribution in [3.63, 3.8) is 0 Å². The second-order valence-electron chi connectivity index (χ2n) is 4.71. The van der Waals surface area contributed by atoms with E-state index < -0.39 is 0 Å². The Balaban J connectivity index is 2.01. The third-order valence-electron chi connectivity index (χ3n) is 2.95. The largest absolute Gasteiger partial charge is 0.494 e. The summed E-state index contributed by atoms with van der Waals surface area (Å²) in [7, 11) is 1.68. The fraction of sp³-hybridized carbons (Fsp3) is 0.471. The first-order chi connectivity index (χ1) is 10.3. The molecule has 0 amide bonds. The predicted octanol–water partition coefficient (Wildman–Crippen LogP) is 3.50. The molecule has 0 atom stereocenters. The van der Waals surface area contributed by atoms with Crippen LogP contribution in [0, 0.1) is 0 Å². The first-order valence-corrected chi connectivity index (χ1v) is 7.26. The zero-order chi connectivity index (χ0) is 15.3. The highest BCUT2D eigenvalue weighted by Crippen LogP contribution is 2.13. The molecule has 0 unspecified atom stereocenters. The van der Waals surface area contributed by atoms with Crippen LogP contribution in [0.3, 0.4) is 0 Å². The van der Waals surface area contributed by atoms with E-state index >= 15 is 0 Å². The lowest BCUT2D eigenvalue weighted by Gasteiger charge is -2.07. The highest BCUT2D eigenvalue weighted by Gasteiger charge is 1.97. The fourth-order valence-electron chi connectivity index (χ4n) is 1.83. The standard InChI is InChI=1S/C17H24O4/c1-3-17(18)21-13-7-5-4-6-12-20-16-10-8-15(9-11-16)14-19-2/h3,8-11H,1,4-7,12-14H2,2H3. The van der Waals surface area contributed by atoms with Crippen molar-refractivity contribution in [1.82, 2.24) is 0 Å². The van der Waals surface area contributed by atoms with E-state index in [0.29, 0.717) is 19.8 Å². The zero-order valence-corrected chi connectivity index (χ0v) is 12.7. The number of methoxy groups -OCH3 is 1. The molecule has 0 saturated carbocycles. The van der Waals surface area contributed by atoms with E-state index in [1.165, 1.54) is 6.08 Å². The van der Waals surface area contributed by atoms with Crippen LogP contribution in [0.1, 0.15) is 31.2 Å². The lowest BCUT2D eigenvalue weighted by Crippen LogP contribution is -2.02. The molecule has 4 nitrogen and oxygen atoms in total. The topological polar surface area (TPSA) is 44.8 Å². The number of benzene rings is 1. The van der Waals surface area contributed by atoms with Crippen molar-refractivity contribution < 1.29 is 19.0 Å². The average Bonchev–Trinajstić information content (AvgIpc) is 2.51. The Morgan fingerprint density at radius 3 is 2.38 bits per heavy atom. The Labute approximate surface area is 126 Å². The summed E-state index contributed by atoms with van der Waals surface area (Å²) in [5.41, 5.74) is 1.14. The van der Waals surface area contributed by atoms with E-state index in [1.807, 2.05) is 24.3 Å². The molecule has 0 saturated heterocycles. The highest BCUT2D eigenvalue weighted by molar-refractivity contribution is 5.81. The SMILES string of the molecule is C=CC(=O)OCCCCCCOc1ccc(COC)cc1. The molecule has 21 heavy (non-hydrogen) atoms. The smallest absolute Gasteiger partial charge is 0.330 e. The minimum absolute atomic E-state index is 0.352. The first-order valence-electron chi connectivity index (χ1n) is 7.26. The van der Waals surface area contributed by atoms with Crippen molar-refractivity contribution in [3.05, 3.63) is 42.5 Å². The van der Waals surface area contributed by atoms with Crippen LogP contribution in [-0.4, -0.2) is 26.3 Å². The molecule has 1 rings (SSSR count). The number of hydrogen-bond acceptors (Lipinski definition) is 4. The molecule has 0 aromatic heterocycles. The summed E-state index contributed by atoms with van der Waals surface area (Å²) >= 11 is 0. The monoisotopic (exact) mass is 292 g/mol. The van der Waals surface area contributed by atoms with Crippen LogP contribution in [0.25, 0.3) is 0 Å². The summed E-state index contributed by atoms with van der Waals surface area (Å²) in [5.74, 6) is 0.532. The maximum atomic E-state index is 10.8. The molecule has 0 fully saturated rings. The van der Waals surface area contributed by atoms with E-state index in [4.69, 9.17) is 14.2 Å². The summed E-state index contributed by atoms with van der Waals surface area (Å²) in [6.45, 7) is 5.14. The van der Waals surface area contributed by atoms with Gasteiger partial charge >= 0.3 is 5.97 Å². The molecule has 116 valence electrons. The normalized spacial score (nSPS) is 10.1. The van der Waals surface area contributed by atoms with Gasteiger partial charge in [0, 0.05) is 13.2 Å². The van der Waals surface area contributed by atoms with Crippen LogP contribution >= 0.6 is 0 Å². The van der Waals surface area contributed by atoms with Crippen molar-refractivity contribution in [2.24, 2.45) is 0 Å². The lowest BCUT2D eigenvalue weighted by atomic mass is 10.2. The van der Waals surface area contributed by atoms with Gasteiger partial charge in [0.2, 0.25) is 0 Å². The van der Waals surface area contributed by atoms with Gasteiger partial charge in [-0.05, 0) is 43.4 Å². The minimum atomic E-state index is -0.352. The maximum absolute atomic E-state index is 10.8. The van der Waals surface area contributed by atoms with Crippen LogP contribution < -0.4 is 4.74 Å². The van der Waals surface area contributed by atoms with Crippen molar-refractivity contribution >= 4 is 5.97 Å². The molecule has 0 heterocycles. The molecular formula is C17H24O4. The van der Waals surface area contributed by atoms with Crippen molar-refractivity contribution in [3.8, 4) is 5.75 Å². The van der Waals surface area contributed by atoms with E-state index in [1.54, 1.807) is 7.11 Å². The van der Waals surface area contributed by atoms with Crippen LogP contribution in [-0.2, 0) is 20.9 Å². The van der Waals surface area contributed by atoms with Gasteiger partial charge in [0.25, 0.3) is 0 Å². The molecule has 0 aliphatic rings. The third kappa shape index (κ3) is 8.15. The maximum Gasteiger partial charge on any atom is 0.330 e. The molecule has 0 bridgehead atoms. The Bertz CT molecular complexity index is 411. The van der Waals surface area contributed by atoms with Crippen LogP contribution in [0.15, 0.2) is 36.9 Å². The second-order valence-corrected chi connectivity index (χ2v) is 4.71. The Morgan fingerprint density at radius 1 is 1.10 bits per heavy atom. The molecule has 1 aromatic carbocycles. The van der Waals surface area contributed by atoms with Crippen LogP contribution in [0.4, 0.5) is 0 Å². The Morgan fingerprint density at radius 2 is 1.76 bits per heavy atom. The molecule has 0 aliphatic heterocycles. The zero-order valence-electron chi connectivity index (χ0n) is 12.7. The Kier molecular flexibility index (Phi) is 8.96. The molecular weight excluding hydrogens is 268 g/mol. The molecule has 0 N–H and O–H groups in total. The van der Waals surface area contributed by atoms with E-state index in [2.05, 4.69) is 6.58 Å². The molecule has 0 aliphatic carbocycles. The predicted molar refractivity (Wildman–Crippen MR) is 82.3 cm³/mol. The fourth-order valence-corrected chi connectivity index (χ4v) is 1.83. The number of rotatable bonds is 11. The van der Waals surface area contributed by atoms with Gasteiger partial charge in [-0.25, -0.2) is 4.79 Å². The molecule has 4 heteroatoms. The van der Waals surface area contributed by atoms with E-state index in [0.717, 1.165) is 37.0 Å². The van der Waals surface area contributed by atoms with Gasteiger partial charge in [0.15, 0.2) is 0 Å². The van der Waals surface area contributed by atoms with Gasteiger partial charge in [0.1, 0.15) is 5.75 Å². The molecule has 1 aromatic rings.